The number of amidine groups is 1. The van der Waals surface area contributed by atoms with Gasteiger partial charge in [-0.25, -0.2) is 0 Å². The molecule has 0 aliphatic carbocycles. The molecule has 0 radical (unpaired) electrons. The first-order valence-corrected chi connectivity index (χ1v) is 9.44. The minimum atomic E-state index is -1.38. The molecule has 23 heavy (non-hydrogen) atoms. The molecule has 0 saturated carbocycles. The van der Waals surface area contributed by atoms with Gasteiger partial charge in [0.05, 0.1) is 6.04 Å². The van der Waals surface area contributed by atoms with Crippen LogP contribution in [0.2, 0.25) is 0 Å². The van der Waals surface area contributed by atoms with Crippen LogP contribution >= 0.6 is 11.8 Å². The van der Waals surface area contributed by atoms with Gasteiger partial charge < -0.3 is 31.1 Å². The van der Waals surface area contributed by atoms with Crippen LogP contribution in [0.3, 0.4) is 0 Å². The zero-order chi connectivity index (χ0) is 16.8. The average molecular weight is 347 g/mol. The van der Waals surface area contributed by atoms with Crippen molar-refractivity contribution in [3.8, 4) is 0 Å². The summed E-state index contributed by atoms with van der Waals surface area (Å²) in [7, 11) is 0. The zero-order valence-electron chi connectivity index (χ0n) is 13.4. The number of aliphatic hydroxyl groups excluding tert-OH is 4. The van der Waals surface area contributed by atoms with Gasteiger partial charge in [0.15, 0.2) is 11.4 Å². The van der Waals surface area contributed by atoms with Crippen molar-refractivity contribution in [2.45, 2.75) is 69.1 Å². The van der Waals surface area contributed by atoms with E-state index in [2.05, 4.69) is 4.99 Å². The molecule has 134 valence electrons. The number of nitrogens with two attached hydrogens (primary N) is 1. The molecule has 7 nitrogen and oxygen atoms in total. The predicted octanol–water partition coefficient (Wildman–Crippen LogP) is -0.526. The van der Waals surface area contributed by atoms with Crippen molar-refractivity contribution >= 4 is 16.9 Å². The first kappa shape index (κ1) is 19.0. The van der Waals surface area contributed by atoms with Gasteiger partial charge in [-0.1, -0.05) is 37.4 Å². The molecule has 2 aliphatic heterocycles. The van der Waals surface area contributed by atoms with Gasteiger partial charge in [-0.05, 0) is 19.4 Å². The maximum atomic E-state index is 10.1. The number of nitrogens with zero attached hydrogens (tertiary/aromatic N) is 2. The summed E-state index contributed by atoms with van der Waals surface area (Å²) in [5, 5.41) is 40.4. The molecule has 2 aliphatic rings. The van der Waals surface area contributed by atoms with E-state index in [0.29, 0.717) is 17.5 Å². The summed E-state index contributed by atoms with van der Waals surface area (Å²) in [4.78, 5) is 6.06. The fourth-order valence-electron chi connectivity index (χ4n) is 3.06. The van der Waals surface area contributed by atoms with Crippen molar-refractivity contribution < 1.29 is 20.4 Å². The topological polar surface area (TPSA) is 123 Å². The van der Waals surface area contributed by atoms with E-state index in [1.165, 1.54) is 31.0 Å². The van der Waals surface area contributed by atoms with Crippen LogP contribution in [-0.4, -0.2) is 79.9 Å². The second kappa shape index (κ2) is 9.19. The number of hydrogen-bond acceptors (Lipinski definition) is 7. The fourth-order valence-corrected chi connectivity index (χ4v) is 4.32. The van der Waals surface area contributed by atoms with E-state index >= 15 is 0 Å². The highest BCUT2D eigenvalue weighted by Crippen LogP contribution is 2.34. The molecule has 2 heterocycles. The lowest BCUT2D eigenvalue weighted by Crippen LogP contribution is -2.65. The summed E-state index contributed by atoms with van der Waals surface area (Å²) >= 11 is 1.45. The molecule has 5 atom stereocenters. The Labute approximate surface area is 141 Å². The molecule has 2 saturated heterocycles. The first-order valence-electron chi connectivity index (χ1n) is 8.46. The van der Waals surface area contributed by atoms with Crippen LogP contribution in [0.5, 0.6) is 0 Å². The molecule has 2 rings (SSSR count). The van der Waals surface area contributed by atoms with Crippen LogP contribution < -0.4 is 5.73 Å². The Kier molecular flexibility index (Phi) is 7.58. The van der Waals surface area contributed by atoms with Crippen LogP contribution in [0.15, 0.2) is 4.99 Å². The number of aliphatic hydroxyl groups is 4. The lowest BCUT2D eigenvalue weighted by Gasteiger charge is -2.44. The lowest BCUT2D eigenvalue weighted by atomic mass is 9.94. The number of rotatable bonds is 8. The molecule has 2 fully saturated rings. The van der Waals surface area contributed by atoms with Crippen LogP contribution in [0.25, 0.3) is 0 Å². The summed E-state index contributed by atoms with van der Waals surface area (Å²) in [6.45, 7) is 1.43. The second-order valence-corrected chi connectivity index (χ2v) is 7.23. The van der Waals surface area contributed by atoms with Gasteiger partial charge in [0.25, 0.3) is 0 Å². The predicted molar refractivity (Wildman–Crippen MR) is 91.2 cm³/mol. The monoisotopic (exact) mass is 347 g/mol. The number of hydrogen-bond donors (Lipinski definition) is 5. The van der Waals surface area contributed by atoms with Crippen molar-refractivity contribution in [1.82, 2.24) is 4.90 Å². The molecule has 8 heteroatoms. The SMILES string of the molecule is NCCCCCCCCN=C1SC[C@@H]2[C@@H](O)[C@H](O)[C@@H](O)[C@@H](O)N12. The molecule has 0 aromatic rings. The highest BCUT2D eigenvalue weighted by Gasteiger charge is 2.51. The highest BCUT2D eigenvalue weighted by molar-refractivity contribution is 8.14. The number of piperidine rings is 1. The van der Waals surface area contributed by atoms with Crippen LogP contribution in [0.4, 0.5) is 0 Å². The van der Waals surface area contributed by atoms with Crippen molar-refractivity contribution in [3.05, 3.63) is 0 Å². The van der Waals surface area contributed by atoms with Gasteiger partial charge >= 0.3 is 0 Å². The Morgan fingerprint density at radius 1 is 0.957 bits per heavy atom. The normalized spacial score (nSPS) is 35.8. The number of aliphatic imine (C=N–C) groups is 1. The highest BCUT2D eigenvalue weighted by atomic mass is 32.2. The minimum Gasteiger partial charge on any atom is -0.388 e. The molecule has 0 aromatic heterocycles. The Bertz CT molecular complexity index is 399. The van der Waals surface area contributed by atoms with E-state index in [4.69, 9.17) is 5.73 Å². The summed E-state index contributed by atoms with van der Waals surface area (Å²) in [6.07, 6.45) is 1.75. The Hall–Kier alpha value is -0.380. The number of fused-ring (bicyclic) bond motifs is 1. The smallest absolute Gasteiger partial charge is 0.161 e. The molecule has 0 aromatic carbocycles. The van der Waals surface area contributed by atoms with Gasteiger partial charge in [0.1, 0.15) is 18.3 Å². The minimum absolute atomic E-state index is 0.400. The van der Waals surface area contributed by atoms with Crippen LogP contribution in [-0.2, 0) is 0 Å². The van der Waals surface area contributed by atoms with Crippen molar-refractivity contribution in [2.75, 3.05) is 18.8 Å². The Balaban J connectivity index is 1.77. The second-order valence-electron chi connectivity index (χ2n) is 6.25. The van der Waals surface area contributed by atoms with Crippen LogP contribution in [0, 0.1) is 0 Å². The van der Waals surface area contributed by atoms with Gasteiger partial charge in [0, 0.05) is 12.3 Å². The fraction of sp³-hybridized carbons (Fsp3) is 0.933. The number of thioether (sulfide) groups is 1. The van der Waals surface area contributed by atoms with E-state index in [1.807, 2.05) is 0 Å². The third kappa shape index (κ3) is 4.58. The molecule has 6 N–H and O–H groups in total. The van der Waals surface area contributed by atoms with Crippen molar-refractivity contribution in [3.63, 3.8) is 0 Å². The average Bonchev–Trinajstić information content (AvgIpc) is 2.97. The van der Waals surface area contributed by atoms with Gasteiger partial charge in [-0.15, -0.1) is 0 Å². The maximum absolute atomic E-state index is 10.1. The third-order valence-corrected chi connectivity index (χ3v) is 5.61. The quantitative estimate of drug-likeness (QED) is 0.374. The van der Waals surface area contributed by atoms with E-state index in [-0.39, 0.29) is 0 Å². The van der Waals surface area contributed by atoms with Crippen LogP contribution in [0.1, 0.15) is 38.5 Å². The molecule has 0 unspecified atom stereocenters. The van der Waals surface area contributed by atoms with E-state index in [9.17, 15) is 20.4 Å². The molecule has 0 bridgehead atoms. The standard InChI is InChI=1S/C15H29N3O4S/c16-7-5-3-1-2-4-6-8-17-15-18-10(9-23-15)11(19)12(20)13(21)14(18)22/h10-14,19-22H,1-9,16H2/t10-,11-,12+,13-,14-/m1/s1. The molecule has 0 spiro atoms. The first-order chi connectivity index (χ1) is 11.1. The van der Waals surface area contributed by atoms with Gasteiger partial charge in [0.2, 0.25) is 0 Å². The van der Waals surface area contributed by atoms with Crippen molar-refractivity contribution in [2.24, 2.45) is 10.7 Å². The summed E-state index contributed by atoms with van der Waals surface area (Å²) in [5.74, 6) is 0.555. The third-order valence-electron chi connectivity index (χ3n) is 4.51. The molecular formula is C15H29N3O4S. The summed E-state index contributed by atoms with van der Waals surface area (Å²) in [5.41, 5.74) is 5.46. The maximum Gasteiger partial charge on any atom is 0.161 e. The van der Waals surface area contributed by atoms with E-state index in [1.54, 1.807) is 4.90 Å². The summed E-state index contributed by atoms with van der Waals surface area (Å²) in [6, 6.07) is -0.400. The Morgan fingerprint density at radius 3 is 2.30 bits per heavy atom. The zero-order valence-corrected chi connectivity index (χ0v) is 14.2. The van der Waals surface area contributed by atoms with E-state index in [0.717, 1.165) is 25.8 Å². The van der Waals surface area contributed by atoms with Gasteiger partial charge in [-0.3, -0.25) is 4.99 Å². The lowest BCUT2D eigenvalue weighted by molar-refractivity contribution is -0.190. The summed E-state index contributed by atoms with van der Waals surface area (Å²) < 4.78 is 0. The Morgan fingerprint density at radius 2 is 1.61 bits per heavy atom. The van der Waals surface area contributed by atoms with Crippen molar-refractivity contribution in [1.29, 1.82) is 0 Å². The van der Waals surface area contributed by atoms with E-state index < -0.39 is 30.6 Å². The molecular weight excluding hydrogens is 318 g/mol. The molecule has 0 amide bonds. The van der Waals surface area contributed by atoms with Gasteiger partial charge in [-0.2, -0.15) is 0 Å². The number of unbranched alkanes of at least 4 members (excludes halogenated alkanes) is 5. The largest absolute Gasteiger partial charge is 0.388 e.